The third kappa shape index (κ3) is 1.97. The Hall–Kier alpha value is -1.87. The summed E-state index contributed by atoms with van der Waals surface area (Å²) in [6.07, 6.45) is 0. The van der Waals surface area contributed by atoms with Crippen LogP contribution >= 0.6 is 0 Å². The van der Waals surface area contributed by atoms with Crippen LogP contribution in [0.2, 0.25) is 0 Å². The zero-order valence-corrected chi connectivity index (χ0v) is 7.85. The first kappa shape index (κ1) is 9.68. The summed E-state index contributed by atoms with van der Waals surface area (Å²) in [7, 11) is 0. The number of halogens is 1. The fourth-order valence-electron chi connectivity index (χ4n) is 1.39. The predicted molar refractivity (Wildman–Crippen MR) is 55.1 cm³/mol. The number of rotatable bonds is 2. The van der Waals surface area contributed by atoms with E-state index < -0.39 is 0 Å². The average Bonchev–Trinajstić information content (AvgIpc) is 2.30. The third-order valence-corrected chi connectivity index (χ3v) is 2.14. The predicted octanol–water partition coefficient (Wildman–Crippen LogP) is 3.34. The second-order valence-electron chi connectivity index (χ2n) is 3.10. The Morgan fingerprint density at radius 1 is 0.933 bits per heavy atom. The molecule has 0 aliphatic heterocycles. The minimum atomic E-state index is -0.268. The smallest absolute Gasteiger partial charge is 0.165 e. The van der Waals surface area contributed by atoms with Gasteiger partial charge in [0.2, 0.25) is 0 Å². The van der Waals surface area contributed by atoms with E-state index in [0.717, 1.165) is 5.56 Å². The number of hydrogen-bond donors (Lipinski definition) is 1. The van der Waals surface area contributed by atoms with Gasteiger partial charge in [0, 0.05) is 5.56 Å². The highest BCUT2D eigenvalue weighted by molar-refractivity contribution is 5.64. The first-order valence-corrected chi connectivity index (χ1v) is 4.47. The van der Waals surface area contributed by atoms with Gasteiger partial charge in [0.15, 0.2) is 5.75 Å². The summed E-state index contributed by atoms with van der Waals surface area (Å²) >= 11 is 0. The molecule has 0 aliphatic rings. The van der Waals surface area contributed by atoms with E-state index in [2.05, 4.69) is 4.89 Å². The monoisotopic (exact) mass is 204 g/mol. The molecule has 0 aliphatic carbocycles. The van der Waals surface area contributed by atoms with Crippen molar-refractivity contribution in [3.8, 4) is 16.9 Å². The van der Waals surface area contributed by atoms with Crippen LogP contribution in [0.15, 0.2) is 48.5 Å². The van der Waals surface area contributed by atoms with Crippen LogP contribution < -0.4 is 4.89 Å². The second-order valence-corrected chi connectivity index (χ2v) is 3.10. The zero-order chi connectivity index (χ0) is 10.7. The van der Waals surface area contributed by atoms with Gasteiger partial charge in [-0.25, -0.2) is 9.65 Å². The van der Waals surface area contributed by atoms with E-state index in [4.69, 9.17) is 5.26 Å². The number of benzene rings is 2. The highest BCUT2D eigenvalue weighted by atomic mass is 19.1. The van der Waals surface area contributed by atoms with E-state index in [-0.39, 0.29) is 5.82 Å². The van der Waals surface area contributed by atoms with Gasteiger partial charge >= 0.3 is 0 Å². The molecule has 0 heterocycles. The van der Waals surface area contributed by atoms with Crippen molar-refractivity contribution in [1.29, 1.82) is 0 Å². The molecule has 3 heteroatoms. The van der Waals surface area contributed by atoms with Gasteiger partial charge in [-0.15, -0.1) is 0 Å². The molecular formula is C12H9FO2. The SMILES string of the molecule is OOc1ccc(-c2ccccc2F)cc1. The topological polar surface area (TPSA) is 29.5 Å². The Morgan fingerprint density at radius 2 is 1.60 bits per heavy atom. The van der Waals surface area contributed by atoms with E-state index in [9.17, 15) is 4.39 Å². The van der Waals surface area contributed by atoms with Crippen molar-refractivity contribution >= 4 is 0 Å². The summed E-state index contributed by atoms with van der Waals surface area (Å²) < 4.78 is 13.4. The molecule has 15 heavy (non-hydrogen) atoms. The maximum atomic E-state index is 13.4. The van der Waals surface area contributed by atoms with Crippen LogP contribution in [-0.4, -0.2) is 5.26 Å². The van der Waals surface area contributed by atoms with Gasteiger partial charge in [-0.1, -0.05) is 30.3 Å². The Labute approximate surface area is 86.5 Å². The van der Waals surface area contributed by atoms with Crippen molar-refractivity contribution in [3.05, 3.63) is 54.3 Å². The summed E-state index contributed by atoms with van der Waals surface area (Å²) in [5.74, 6) is 0.0604. The molecule has 0 bridgehead atoms. The Bertz CT molecular complexity index is 451. The molecule has 0 saturated carbocycles. The van der Waals surface area contributed by atoms with Crippen LogP contribution in [0.3, 0.4) is 0 Å². The van der Waals surface area contributed by atoms with Crippen molar-refractivity contribution in [2.45, 2.75) is 0 Å². The fraction of sp³-hybridized carbons (Fsp3) is 0. The average molecular weight is 204 g/mol. The lowest BCUT2D eigenvalue weighted by Crippen LogP contribution is -1.85. The molecule has 0 aromatic heterocycles. The molecule has 0 radical (unpaired) electrons. The van der Waals surface area contributed by atoms with Gasteiger partial charge in [0.25, 0.3) is 0 Å². The van der Waals surface area contributed by atoms with Crippen molar-refractivity contribution in [3.63, 3.8) is 0 Å². The number of hydrogen-bond acceptors (Lipinski definition) is 2. The van der Waals surface area contributed by atoms with Crippen molar-refractivity contribution in [2.24, 2.45) is 0 Å². The fourth-order valence-corrected chi connectivity index (χ4v) is 1.39. The van der Waals surface area contributed by atoms with E-state index in [1.807, 2.05) is 0 Å². The normalized spacial score (nSPS) is 10.0. The molecule has 0 amide bonds. The molecule has 0 unspecified atom stereocenters. The lowest BCUT2D eigenvalue weighted by atomic mass is 10.1. The standard InChI is InChI=1S/C12H9FO2/c13-12-4-2-1-3-11(12)9-5-7-10(15-14)8-6-9/h1-8,14H. The largest absolute Gasteiger partial charge is 0.340 e. The van der Waals surface area contributed by atoms with Crippen LogP contribution in [0.4, 0.5) is 4.39 Å². The molecule has 0 saturated heterocycles. The van der Waals surface area contributed by atoms with Gasteiger partial charge in [-0.05, 0) is 23.8 Å². The lowest BCUT2D eigenvalue weighted by molar-refractivity contribution is -0.137. The minimum Gasteiger partial charge on any atom is -0.340 e. The minimum absolute atomic E-state index is 0.268. The summed E-state index contributed by atoms with van der Waals surface area (Å²) in [6, 6.07) is 13.0. The van der Waals surface area contributed by atoms with Crippen LogP contribution in [-0.2, 0) is 0 Å². The zero-order valence-electron chi connectivity index (χ0n) is 7.85. The first-order chi connectivity index (χ1) is 7.31. The van der Waals surface area contributed by atoms with Crippen LogP contribution in [0, 0.1) is 5.82 Å². The summed E-state index contributed by atoms with van der Waals surface area (Å²) in [5.41, 5.74) is 1.27. The van der Waals surface area contributed by atoms with Crippen molar-refractivity contribution in [1.82, 2.24) is 0 Å². The Kier molecular flexibility index (Phi) is 2.65. The third-order valence-electron chi connectivity index (χ3n) is 2.14. The van der Waals surface area contributed by atoms with Crippen LogP contribution in [0.5, 0.6) is 5.75 Å². The highest BCUT2D eigenvalue weighted by Gasteiger charge is 2.03. The first-order valence-electron chi connectivity index (χ1n) is 4.47. The molecule has 1 N–H and O–H groups in total. The van der Waals surface area contributed by atoms with E-state index in [1.165, 1.54) is 6.07 Å². The maximum Gasteiger partial charge on any atom is 0.165 e. The van der Waals surface area contributed by atoms with Crippen molar-refractivity contribution in [2.75, 3.05) is 0 Å². The molecule has 76 valence electrons. The Morgan fingerprint density at radius 3 is 2.20 bits per heavy atom. The highest BCUT2D eigenvalue weighted by Crippen LogP contribution is 2.24. The van der Waals surface area contributed by atoms with Gasteiger partial charge < -0.3 is 4.89 Å². The van der Waals surface area contributed by atoms with Crippen LogP contribution in [0.1, 0.15) is 0 Å². The van der Waals surface area contributed by atoms with Gasteiger partial charge in [0.1, 0.15) is 5.82 Å². The molecule has 2 aromatic rings. The van der Waals surface area contributed by atoms with Crippen LogP contribution in [0.25, 0.3) is 11.1 Å². The molecule has 0 spiro atoms. The van der Waals surface area contributed by atoms with Crippen molar-refractivity contribution < 1.29 is 14.5 Å². The quantitative estimate of drug-likeness (QED) is 0.600. The Balaban J connectivity index is 2.42. The molecular weight excluding hydrogens is 195 g/mol. The molecule has 0 fully saturated rings. The van der Waals surface area contributed by atoms with E-state index >= 15 is 0 Å². The van der Waals surface area contributed by atoms with E-state index in [0.29, 0.717) is 11.3 Å². The molecule has 2 rings (SSSR count). The summed E-state index contributed by atoms with van der Waals surface area (Å²) in [6.45, 7) is 0. The maximum absolute atomic E-state index is 13.4. The summed E-state index contributed by atoms with van der Waals surface area (Å²) in [4.78, 5) is 4.04. The van der Waals surface area contributed by atoms with E-state index in [1.54, 1.807) is 42.5 Å². The summed E-state index contributed by atoms with van der Waals surface area (Å²) in [5, 5.41) is 8.38. The second kappa shape index (κ2) is 4.11. The molecule has 2 nitrogen and oxygen atoms in total. The van der Waals surface area contributed by atoms with Gasteiger partial charge in [-0.3, -0.25) is 0 Å². The van der Waals surface area contributed by atoms with Gasteiger partial charge in [0.05, 0.1) is 0 Å². The molecule has 2 aromatic carbocycles. The molecule has 0 atom stereocenters. The lowest BCUT2D eigenvalue weighted by Gasteiger charge is -2.03. The van der Waals surface area contributed by atoms with Gasteiger partial charge in [-0.2, -0.15) is 0 Å².